The Balaban J connectivity index is 2.02. The van der Waals surface area contributed by atoms with Crippen LogP contribution in [0.2, 0.25) is 0 Å². The first kappa shape index (κ1) is 16.3. The molecule has 1 aromatic carbocycles. The fourth-order valence-corrected chi connectivity index (χ4v) is 3.02. The van der Waals surface area contributed by atoms with Crippen LogP contribution < -0.4 is 10.5 Å². The Morgan fingerprint density at radius 1 is 1.14 bits per heavy atom. The highest BCUT2D eigenvalue weighted by Crippen LogP contribution is 2.38. The molecule has 3 nitrogen and oxygen atoms in total. The van der Waals surface area contributed by atoms with Crippen molar-refractivity contribution in [3.05, 3.63) is 29.8 Å². The van der Waals surface area contributed by atoms with E-state index in [1.165, 1.54) is 12.8 Å². The number of ether oxygens (including phenoxy) is 2. The fourth-order valence-electron chi connectivity index (χ4n) is 3.02. The van der Waals surface area contributed by atoms with E-state index in [2.05, 4.69) is 26.0 Å². The van der Waals surface area contributed by atoms with Gasteiger partial charge in [0, 0.05) is 6.04 Å². The summed E-state index contributed by atoms with van der Waals surface area (Å²) in [7, 11) is 1.68. The summed E-state index contributed by atoms with van der Waals surface area (Å²) in [5.41, 5.74) is 7.75. The molecule has 1 saturated carbocycles. The zero-order valence-electron chi connectivity index (χ0n) is 13.8. The third-order valence-electron chi connectivity index (χ3n) is 4.55. The lowest BCUT2D eigenvalue weighted by Crippen LogP contribution is -2.33. The lowest BCUT2D eigenvalue weighted by molar-refractivity contribution is -0.0548. The average Bonchev–Trinajstić information content (AvgIpc) is 2.46. The Morgan fingerprint density at radius 3 is 2.19 bits per heavy atom. The van der Waals surface area contributed by atoms with Gasteiger partial charge in [0.1, 0.15) is 5.75 Å². The second-order valence-electron chi connectivity index (χ2n) is 7.05. The van der Waals surface area contributed by atoms with Gasteiger partial charge in [-0.15, -0.1) is 0 Å². The summed E-state index contributed by atoms with van der Waals surface area (Å²) >= 11 is 0. The molecule has 21 heavy (non-hydrogen) atoms. The number of hydrogen-bond acceptors (Lipinski definition) is 3. The largest absolute Gasteiger partial charge is 0.497 e. The van der Waals surface area contributed by atoms with E-state index in [4.69, 9.17) is 15.2 Å². The van der Waals surface area contributed by atoms with Gasteiger partial charge in [-0.05, 0) is 55.7 Å². The molecule has 1 fully saturated rings. The van der Waals surface area contributed by atoms with E-state index >= 15 is 0 Å². The van der Waals surface area contributed by atoms with Crippen molar-refractivity contribution in [3.63, 3.8) is 0 Å². The second-order valence-corrected chi connectivity index (χ2v) is 7.05. The van der Waals surface area contributed by atoms with Crippen LogP contribution in [-0.4, -0.2) is 19.3 Å². The van der Waals surface area contributed by atoms with Crippen molar-refractivity contribution >= 4 is 0 Å². The molecule has 0 spiro atoms. The summed E-state index contributed by atoms with van der Waals surface area (Å²) in [5, 5.41) is 0. The summed E-state index contributed by atoms with van der Waals surface area (Å²) in [6.07, 6.45) is 5.01. The molecule has 0 saturated heterocycles. The van der Waals surface area contributed by atoms with E-state index in [-0.39, 0.29) is 12.1 Å². The lowest BCUT2D eigenvalue weighted by atomic mass is 9.76. The first-order valence-electron chi connectivity index (χ1n) is 7.96. The number of hydrogen-bond donors (Lipinski definition) is 1. The molecule has 2 unspecified atom stereocenters. The molecular weight excluding hydrogens is 262 g/mol. The summed E-state index contributed by atoms with van der Waals surface area (Å²) in [4.78, 5) is 0. The van der Waals surface area contributed by atoms with Gasteiger partial charge in [-0.1, -0.05) is 26.0 Å². The first-order valence-corrected chi connectivity index (χ1v) is 7.96. The number of nitrogens with two attached hydrogens (primary N) is 1. The molecule has 3 heteroatoms. The Morgan fingerprint density at radius 2 is 1.71 bits per heavy atom. The molecule has 0 bridgehead atoms. The maximum Gasteiger partial charge on any atom is 0.118 e. The highest BCUT2D eigenvalue weighted by Gasteiger charge is 2.30. The number of methoxy groups -OCH3 is 1. The van der Waals surface area contributed by atoms with E-state index in [1.807, 2.05) is 19.1 Å². The molecule has 0 aromatic heterocycles. The average molecular weight is 291 g/mol. The van der Waals surface area contributed by atoms with Gasteiger partial charge >= 0.3 is 0 Å². The summed E-state index contributed by atoms with van der Waals surface area (Å²) in [5.74, 6) is 0.863. The van der Waals surface area contributed by atoms with Crippen molar-refractivity contribution in [1.29, 1.82) is 0 Å². The summed E-state index contributed by atoms with van der Waals surface area (Å²) < 4.78 is 11.6. The van der Waals surface area contributed by atoms with Crippen molar-refractivity contribution in [2.75, 3.05) is 7.11 Å². The smallest absolute Gasteiger partial charge is 0.118 e. The van der Waals surface area contributed by atoms with Gasteiger partial charge in [-0.25, -0.2) is 0 Å². The van der Waals surface area contributed by atoms with Crippen molar-refractivity contribution < 1.29 is 9.47 Å². The summed E-state index contributed by atoms with van der Waals surface area (Å²) in [6.45, 7) is 6.70. The predicted octanol–water partition coefficient (Wildman–Crippen LogP) is 4.07. The molecule has 118 valence electrons. The minimum Gasteiger partial charge on any atom is -0.497 e. The normalized spacial score (nSPS) is 21.8. The lowest BCUT2D eigenvalue weighted by Gasteiger charge is -2.36. The van der Waals surface area contributed by atoms with Crippen LogP contribution in [-0.2, 0) is 4.74 Å². The molecule has 0 amide bonds. The Kier molecular flexibility index (Phi) is 5.28. The fraction of sp³-hybridized carbons (Fsp3) is 0.667. The van der Waals surface area contributed by atoms with E-state index in [9.17, 15) is 0 Å². The third kappa shape index (κ3) is 4.45. The minimum atomic E-state index is -0.0397. The number of rotatable bonds is 5. The van der Waals surface area contributed by atoms with E-state index < -0.39 is 0 Å². The molecule has 1 aromatic rings. The summed E-state index contributed by atoms with van der Waals surface area (Å²) in [6, 6.07) is 8.03. The minimum absolute atomic E-state index is 0.0201. The third-order valence-corrected chi connectivity index (χ3v) is 4.55. The highest BCUT2D eigenvalue weighted by molar-refractivity contribution is 5.29. The Bertz CT molecular complexity index is 429. The van der Waals surface area contributed by atoms with Gasteiger partial charge in [0.15, 0.2) is 0 Å². The molecule has 2 N–H and O–H groups in total. The van der Waals surface area contributed by atoms with Gasteiger partial charge in [-0.2, -0.15) is 0 Å². The maximum atomic E-state index is 6.34. The molecule has 1 aliphatic carbocycles. The molecular formula is C18H29NO2. The molecule has 0 aliphatic heterocycles. The van der Waals surface area contributed by atoms with Crippen molar-refractivity contribution in [2.45, 2.75) is 64.7 Å². The standard InChI is InChI=1S/C18H29NO2/c1-13(19)17(14-5-7-15(20-4)8-6-14)21-16-9-11-18(2,3)12-10-16/h5-8,13,16-17H,9-12,19H2,1-4H3. The molecule has 1 aliphatic rings. The SMILES string of the molecule is COc1ccc(C(OC2CCC(C)(C)CC2)C(C)N)cc1. The van der Waals surface area contributed by atoms with E-state index in [0.717, 1.165) is 24.2 Å². The molecule has 2 rings (SSSR count). The zero-order chi connectivity index (χ0) is 15.5. The maximum absolute atomic E-state index is 6.34. The van der Waals surface area contributed by atoms with Gasteiger partial charge in [0.2, 0.25) is 0 Å². The van der Waals surface area contributed by atoms with Crippen molar-refractivity contribution in [2.24, 2.45) is 11.1 Å². The van der Waals surface area contributed by atoms with Crippen molar-refractivity contribution in [1.82, 2.24) is 0 Å². The highest BCUT2D eigenvalue weighted by atomic mass is 16.5. The quantitative estimate of drug-likeness (QED) is 0.889. The molecule has 2 atom stereocenters. The topological polar surface area (TPSA) is 44.5 Å². The Labute approximate surface area is 128 Å². The van der Waals surface area contributed by atoms with Gasteiger partial charge in [0.05, 0.1) is 19.3 Å². The number of benzene rings is 1. The van der Waals surface area contributed by atoms with Crippen molar-refractivity contribution in [3.8, 4) is 5.75 Å². The Hall–Kier alpha value is -1.06. The van der Waals surface area contributed by atoms with Gasteiger partial charge in [0.25, 0.3) is 0 Å². The van der Waals surface area contributed by atoms with Crippen LogP contribution >= 0.6 is 0 Å². The van der Waals surface area contributed by atoms with Crippen LogP contribution in [0.1, 0.15) is 58.1 Å². The van der Waals surface area contributed by atoms with Crippen LogP contribution in [0.25, 0.3) is 0 Å². The van der Waals surface area contributed by atoms with Crippen LogP contribution in [0.15, 0.2) is 24.3 Å². The van der Waals surface area contributed by atoms with Crippen LogP contribution in [0.5, 0.6) is 5.75 Å². The second kappa shape index (κ2) is 6.80. The first-order chi connectivity index (χ1) is 9.91. The van der Waals surface area contributed by atoms with Gasteiger partial charge in [-0.3, -0.25) is 0 Å². The van der Waals surface area contributed by atoms with Gasteiger partial charge < -0.3 is 15.2 Å². The monoisotopic (exact) mass is 291 g/mol. The van der Waals surface area contributed by atoms with E-state index in [1.54, 1.807) is 7.11 Å². The molecule has 0 heterocycles. The van der Waals surface area contributed by atoms with Crippen LogP contribution in [0.3, 0.4) is 0 Å². The zero-order valence-corrected chi connectivity index (χ0v) is 13.8. The molecule has 0 radical (unpaired) electrons. The van der Waals surface area contributed by atoms with Crippen LogP contribution in [0, 0.1) is 5.41 Å². The van der Waals surface area contributed by atoms with E-state index in [0.29, 0.717) is 11.5 Å². The van der Waals surface area contributed by atoms with Crippen LogP contribution in [0.4, 0.5) is 0 Å². The predicted molar refractivity (Wildman–Crippen MR) is 86.5 cm³/mol.